The van der Waals surface area contributed by atoms with Crippen molar-refractivity contribution in [1.29, 1.82) is 0 Å². The Balaban J connectivity index is 5.50. The lowest BCUT2D eigenvalue weighted by atomic mass is 10.0. The van der Waals surface area contributed by atoms with Gasteiger partial charge in [-0.1, -0.05) is 301 Å². The fourth-order valence-electron chi connectivity index (χ4n) is 10.2. The molecule has 0 aliphatic rings. The van der Waals surface area contributed by atoms with Crippen LogP contribution in [0, 0.1) is 0 Å². The number of esters is 4. The van der Waals surface area contributed by atoms with Crippen molar-refractivity contribution < 1.29 is 80.2 Å². The van der Waals surface area contributed by atoms with Crippen molar-refractivity contribution in [1.82, 2.24) is 0 Å². The molecule has 0 aliphatic carbocycles. The zero-order valence-corrected chi connectivity index (χ0v) is 67.6. The van der Waals surface area contributed by atoms with Crippen LogP contribution < -0.4 is 0 Å². The minimum atomic E-state index is -5.01. The molecule has 5 unspecified atom stereocenters. The molecule has 0 amide bonds. The molecule has 3 N–H and O–H groups in total. The van der Waals surface area contributed by atoms with Gasteiger partial charge in [-0.25, -0.2) is 9.13 Å². The molecule has 0 radical (unpaired) electrons. The molecule has 0 saturated carbocycles. The van der Waals surface area contributed by atoms with E-state index in [-0.39, 0.29) is 25.7 Å². The maximum absolute atomic E-state index is 13.1. The Bertz CT molecular complexity index is 2680. The maximum Gasteiger partial charge on any atom is 0.472 e. The van der Waals surface area contributed by atoms with Crippen LogP contribution in [0.2, 0.25) is 0 Å². The van der Waals surface area contributed by atoms with Crippen molar-refractivity contribution >= 4 is 39.5 Å². The second-order valence-electron chi connectivity index (χ2n) is 26.2. The molecule has 5 atom stereocenters. The molecule has 602 valence electrons. The highest BCUT2D eigenvalue weighted by Gasteiger charge is 2.30. The van der Waals surface area contributed by atoms with Gasteiger partial charge < -0.3 is 33.8 Å². The average Bonchev–Trinajstić information content (AvgIpc) is 0.902. The number of allylic oxidation sites excluding steroid dienone is 28. The summed E-state index contributed by atoms with van der Waals surface area (Å²) in [5.41, 5.74) is 0. The van der Waals surface area contributed by atoms with Crippen LogP contribution in [0.25, 0.3) is 0 Å². The van der Waals surface area contributed by atoms with Gasteiger partial charge in [0.1, 0.15) is 19.3 Å². The molecule has 0 rings (SSSR count). The van der Waals surface area contributed by atoms with E-state index in [1.165, 1.54) is 64.2 Å². The molecule has 0 aromatic rings. The summed E-state index contributed by atoms with van der Waals surface area (Å²) in [6, 6.07) is 0. The molecule has 0 fully saturated rings. The van der Waals surface area contributed by atoms with Gasteiger partial charge in [0.15, 0.2) is 12.2 Å². The summed E-state index contributed by atoms with van der Waals surface area (Å²) < 4.78 is 68.5. The molecule has 0 bridgehead atoms. The SMILES string of the molecule is CC/C=C\C/C=C\C/C=C\C/C=C\C/C=C\CCCC(=O)OCC(COP(=O)(O)OCC(O)COP(=O)(O)OCC(COC(=O)CCC/C=C\C/C=C\C/C=C\C/C=C\C/C=C\CC)OC(=O)CCCCCCCCCCCCCCCCC)OC(=O)CCCCCC/C=C\C/C=C\C/C=C\C/C=C\CC. The second-order valence-corrected chi connectivity index (χ2v) is 29.1. The number of aliphatic hydroxyl groups excluding tert-OH is 1. The fraction of sp³-hybridized carbons (Fsp3) is 0.632. The predicted octanol–water partition coefficient (Wildman–Crippen LogP) is 23.8. The van der Waals surface area contributed by atoms with E-state index in [2.05, 4.69) is 174 Å². The first-order valence-corrected chi connectivity index (χ1v) is 43.4. The summed E-state index contributed by atoms with van der Waals surface area (Å²) in [7, 11) is -10.0. The third-order valence-electron chi connectivity index (χ3n) is 16.2. The van der Waals surface area contributed by atoms with E-state index in [4.69, 9.17) is 37.0 Å². The van der Waals surface area contributed by atoms with Crippen LogP contribution in [0.4, 0.5) is 0 Å². The highest BCUT2D eigenvalue weighted by atomic mass is 31.2. The standard InChI is InChI=1S/C87H142O17P2/c1-5-9-13-17-21-25-29-33-37-40-44-47-51-55-59-63-67-71-84(89)97-77-82(103-86(91)73-69-65-61-57-53-49-43-36-32-28-24-20-16-12-8-4)79-101-105(93,94)99-75-81(88)76-100-106(95,96)102-80-83(104-87(92)74-70-66-62-58-54-50-46-42-39-35-31-27-23-19-15-11-7-3)78-98-85(90)72-68-64-60-56-52-48-45-41-38-34-30-26-22-18-14-10-6-2/h9-11,13-15,21-23,25-27,33-35,37-39,44-48,50,55-56,59-60,81-83,88H,5-8,12,16-20,24,28-32,36,40-43,49,51-54,57-58,61-80H2,1-4H3,(H,93,94)(H,95,96)/b13-9-,14-10-,15-11-,25-21-,26-22-,27-23-,37-33-,38-34-,39-35-,47-44-,48-45-,50-46-,59-55-,60-56-. The van der Waals surface area contributed by atoms with Crippen LogP contribution in [-0.2, 0) is 65.4 Å². The lowest BCUT2D eigenvalue weighted by molar-refractivity contribution is -0.161. The molecule has 19 heteroatoms. The fourth-order valence-corrected chi connectivity index (χ4v) is 11.7. The average molecular weight is 1520 g/mol. The van der Waals surface area contributed by atoms with Gasteiger partial charge in [-0.3, -0.25) is 37.3 Å². The van der Waals surface area contributed by atoms with Crippen LogP contribution in [0.5, 0.6) is 0 Å². The Kier molecular flexibility index (Phi) is 73.5. The number of phosphoric acid groups is 2. The van der Waals surface area contributed by atoms with E-state index >= 15 is 0 Å². The van der Waals surface area contributed by atoms with Gasteiger partial charge in [-0.05, 0) is 141 Å². The first-order valence-electron chi connectivity index (χ1n) is 40.4. The number of aliphatic hydroxyl groups is 1. The van der Waals surface area contributed by atoms with Crippen molar-refractivity contribution in [2.24, 2.45) is 0 Å². The van der Waals surface area contributed by atoms with Crippen molar-refractivity contribution in [3.63, 3.8) is 0 Å². The summed E-state index contributed by atoms with van der Waals surface area (Å²) in [5, 5.41) is 10.6. The molecular formula is C87H142O17P2. The number of rotatable bonds is 74. The normalized spacial score (nSPS) is 14.7. The van der Waals surface area contributed by atoms with Crippen LogP contribution in [0.1, 0.15) is 297 Å². The van der Waals surface area contributed by atoms with Gasteiger partial charge in [-0.15, -0.1) is 0 Å². The third-order valence-corrected chi connectivity index (χ3v) is 18.1. The molecule has 106 heavy (non-hydrogen) atoms. The smallest absolute Gasteiger partial charge is 0.462 e. The summed E-state index contributed by atoms with van der Waals surface area (Å²) in [6.07, 6.45) is 92.0. The molecule has 0 aromatic carbocycles. The van der Waals surface area contributed by atoms with Crippen LogP contribution >= 0.6 is 15.6 Å². The number of unbranched alkanes of at least 4 members (excludes halogenated alkanes) is 20. The van der Waals surface area contributed by atoms with E-state index in [1.54, 1.807) is 0 Å². The zero-order valence-electron chi connectivity index (χ0n) is 65.8. The zero-order chi connectivity index (χ0) is 77.4. The van der Waals surface area contributed by atoms with Crippen molar-refractivity contribution in [2.45, 2.75) is 316 Å². The minimum Gasteiger partial charge on any atom is -0.462 e. The van der Waals surface area contributed by atoms with E-state index in [1.807, 2.05) is 24.3 Å². The number of carbonyl (C=O) groups excluding carboxylic acids is 4. The van der Waals surface area contributed by atoms with Crippen LogP contribution in [-0.4, -0.2) is 96.7 Å². The number of carbonyl (C=O) groups is 4. The quantitative estimate of drug-likeness (QED) is 0.0169. The van der Waals surface area contributed by atoms with Crippen LogP contribution in [0.3, 0.4) is 0 Å². The number of hydrogen-bond acceptors (Lipinski definition) is 15. The first kappa shape index (κ1) is 100. The highest BCUT2D eigenvalue weighted by Crippen LogP contribution is 2.45. The first-order chi connectivity index (χ1) is 51.7. The molecule has 0 heterocycles. The molecule has 0 spiro atoms. The molecule has 0 aliphatic heterocycles. The summed E-state index contributed by atoms with van der Waals surface area (Å²) in [5.74, 6) is -2.34. The topological polar surface area (TPSA) is 237 Å². The number of ether oxygens (including phenoxy) is 4. The number of hydrogen-bond donors (Lipinski definition) is 3. The largest absolute Gasteiger partial charge is 0.472 e. The Labute approximate surface area is 642 Å². The Morgan fingerprint density at radius 3 is 0.783 bits per heavy atom. The summed E-state index contributed by atoms with van der Waals surface area (Å²) >= 11 is 0. The molecule has 17 nitrogen and oxygen atoms in total. The Morgan fingerprint density at radius 2 is 0.500 bits per heavy atom. The van der Waals surface area contributed by atoms with Crippen molar-refractivity contribution in [3.05, 3.63) is 170 Å². The van der Waals surface area contributed by atoms with Gasteiger partial charge in [0.05, 0.1) is 26.4 Å². The Morgan fingerprint density at radius 1 is 0.274 bits per heavy atom. The second kappa shape index (κ2) is 77.6. The van der Waals surface area contributed by atoms with Gasteiger partial charge in [0.25, 0.3) is 0 Å². The lowest BCUT2D eigenvalue weighted by Gasteiger charge is -2.21. The van der Waals surface area contributed by atoms with Gasteiger partial charge in [0.2, 0.25) is 0 Å². The lowest BCUT2D eigenvalue weighted by Crippen LogP contribution is -2.30. The Hall–Kier alpha value is -5.58. The van der Waals surface area contributed by atoms with E-state index in [0.717, 1.165) is 141 Å². The summed E-state index contributed by atoms with van der Waals surface area (Å²) in [6.45, 7) is 4.38. The van der Waals surface area contributed by atoms with Crippen LogP contribution in [0.15, 0.2) is 170 Å². The summed E-state index contributed by atoms with van der Waals surface area (Å²) in [4.78, 5) is 73.1. The van der Waals surface area contributed by atoms with E-state index in [9.17, 15) is 43.2 Å². The van der Waals surface area contributed by atoms with Gasteiger partial charge in [-0.2, -0.15) is 0 Å². The molecule has 0 saturated heterocycles. The molecular weight excluding hydrogens is 1380 g/mol. The predicted molar refractivity (Wildman–Crippen MR) is 436 cm³/mol. The van der Waals surface area contributed by atoms with Crippen molar-refractivity contribution in [3.8, 4) is 0 Å². The maximum atomic E-state index is 13.1. The van der Waals surface area contributed by atoms with E-state index in [0.29, 0.717) is 38.5 Å². The monoisotopic (exact) mass is 1520 g/mol. The number of phosphoric ester groups is 2. The highest BCUT2D eigenvalue weighted by molar-refractivity contribution is 7.47. The third kappa shape index (κ3) is 76.6. The van der Waals surface area contributed by atoms with Gasteiger partial charge in [0, 0.05) is 25.7 Å². The van der Waals surface area contributed by atoms with Gasteiger partial charge >= 0.3 is 39.5 Å². The van der Waals surface area contributed by atoms with E-state index < -0.39 is 97.5 Å². The minimum absolute atomic E-state index is 0.0475. The van der Waals surface area contributed by atoms with Crippen molar-refractivity contribution in [2.75, 3.05) is 39.6 Å². The molecule has 0 aromatic heterocycles.